The van der Waals surface area contributed by atoms with Crippen LogP contribution in [0.3, 0.4) is 0 Å². The van der Waals surface area contributed by atoms with Gasteiger partial charge in [-0.25, -0.2) is 0 Å². The van der Waals surface area contributed by atoms with Crippen molar-refractivity contribution >= 4 is 17.5 Å². The van der Waals surface area contributed by atoms with E-state index in [9.17, 15) is 9.59 Å². The van der Waals surface area contributed by atoms with E-state index in [4.69, 9.17) is 14.2 Å². The summed E-state index contributed by atoms with van der Waals surface area (Å²) in [6.45, 7) is 0.415. The number of carbonyl (C=O) groups excluding carboxylic acids is 2. The van der Waals surface area contributed by atoms with E-state index in [0.29, 0.717) is 23.6 Å². The molecule has 0 saturated carbocycles. The van der Waals surface area contributed by atoms with Gasteiger partial charge in [-0.15, -0.1) is 0 Å². The number of anilines is 1. The smallest absolute Gasteiger partial charge is 0.251 e. The van der Waals surface area contributed by atoms with Crippen molar-refractivity contribution in [3.05, 3.63) is 48.0 Å². The van der Waals surface area contributed by atoms with Gasteiger partial charge in [-0.05, 0) is 36.4 Å². The third-order valence-corrected chi connectivity index (χ3v) is 4.46. The third kappa shape index (κ3) is 4.13. The summed E-state index contributed by atoms with van der Waals surface area (Å²) >= 11 is 0. The van der Waals surface area contributed by atoms with Crippen LogP contribution in [0.1, 0.15) is 16.8 Å². The molecule has 27 heavy (non-hydrogen) atoms. The molecule has 1 heterocycles. The topological polar surface area (TPSA) is 77.1 Å². The van der Waals surface area contributed by atoms with Crippen molar-refractivity contribution in [2.24, 2.45) is 0 Å². The Bertz CT molecular complexity index is 813. The largest absolute Gasteiger partial charge is 0.497 e. The summed E-state index contributed by atoms with van der Waals surface area (Å²) in [6, 6.07) is 12.0. The van der Waals surface area contributed by atoms with Gasteiger partial charge >= 0.3 is 0 Å². The number of rotatable bonds is 6. The molecule has 2 aromatic rings. The Morgan fingerprint density at radius 1 is 0.963 bits per heavy atom. The van der Waals surface area contributed by atoms with Crippen molar-refractivity contribution < 1.29 is 23.8 Å². The van der Waals surface area contributed by atoms with E-state index in [0.717, 1.165) is 11.4 Å². The highest BCUT2D eigenvalue weighted by Crippen LogP contribution is 2.25. The minimum Gasteiger partial charge on any atom is -0.497 e. The summed E-state index contributed by atoms with van der Waals surface area (Å²) in [5.41, 5.74) is 1.20. The molecule has 1 aliphatic heterocycles. The molecule has 0 aliphatic carbocycles. The Hall–Kier alpha value is -3.22. The Morgan fingerprint density at radius 2 is 1.56 bits per heavy atom. The summed E-state index contributed by atoms with van der Waals surface area (Å²) in [5, 5.41) is 2.91. The molecule has 1 fully saturated rings. The highest BCUT2D eigenvalue weighted by molar-refractivity contribution is 5.99. The second-order valence-electron chi connectivity index (χ2n) is 6.18. The maximum absolute atomic E-state index is 12.6. The first-order chi connectivity index (χ1) is 13.0. The fourth-order valence-corrected chi connectivity index (χ4v) is 3.02. The number of benzene rings is 2. The van der Waals surface area contributed by atoms with Crippen molar-refractivity contribution in [1.29, 1.82) is 0 Å². The van der Waals surface area contributed by atoms with Crippen molar-refractivity contribution in [1.82, 2.24) is 5.32 Å². The van der Waals surface area contributed by atoms with Gasteiger partial charge in [0.15, 0.2) is 0 Å². The van der Waals surface area contributed by atoms with Crippen LogP contribution in [0.5, 0.6) is 17.2 Å². The van der Waals surface area contributed by atoms with Crippen LogP contribution in [0.25, 0.3) is 0 Å². The minimum atomic E-state index is -0.276. The average molecular weight is 370 g/mol. The van der Waals surface area contributed by atoms with Crippen LogP contribution < -0.4 is 24.4 Å². The van der Waals surface area contributed by atoms with Gasteiger partial charge in [0, 0.05) is 30.3 Å². The molecule has 7 nitrogen and oxygen atoms in total. The Kier molecular flexibility index (Phi) is 5.49. The van der Waals surface area contributed by atoms with Crippen LogP contribution in [0.2, 0.25) is 0 Å². The van der Waals surface area contributed by atoms with E-state index >= 15 is 0 Å². The van der Waals surface area contributed by atoms with Crippen molar-refractivity contribution in [3.63, 3.8) is 0 Å². The quantitative estimate of drug-likeness (QED) is 0.844. The number of hydrogen-bond acceptors (Lipinski definition) is 5. The first-order valence-electron chi connectivity index (χ1n) is 8.52. The van der Waals surface area contributed by atoms with Crippen LogP contribution in [0.15, 0.2) is 42.5 Å². The van der Waals surface area contributed by atoms with Gasteiger partial charge in [0.05, 0.1) is 27.4 Å². The van der Waals surface area contributed by atoms with Crippen molar-refractivity contribution in [2.75, 3.05) is 32.8 Å². The molecule has 0 unspecified atom stereocenters. The normalized spacial score (nSPS) is 16.2. The third-order valence-electron chi connectivity index (χ3n) is 4.46. The molecule has 142 valence electrons. The Labute approximate surface area is 157 Å². The van der Waals surface area contributed by atoms with Gasteiger partial charge in [-0.3, -0.25) is 9.59 Å². The molecular formula is C20H22N2O5. The van der Waals surface area contributed by atoms with Crippen LogP contribution in [-0.2, 0) is 4.79 Å². The van der Waals surface area contributed by atoms with Crippen LogP contribution in [-0.4, -0.2) is 45.7 Å². The van der Waals surface area contributed by atoms with Gasteiger partial charge in [0.25, 0.3) is 5.91 Å². The van der Waals surface area contributed by atoms with Crippen molar-refractivity contribution in [3.8, 4) is 17.2 Å². The van der Waals surface area contributed by atoms with Gasteiger partial charge in [-0.1, -0.05) is 0 Å². The van der Waals surface area contributed by atoms with E-state index < -0.39 is 0 Å². The number of ether oxygens (including phenoxy) is 3. The second-order valence-corrected chi connectivity index (χ2v) is 6.18. The van der Waals surface area contributed by atoms with Crippen LogP contribution >= 0.6 is 0 Å². The maximum atomic E-state index is 12.6. The van der Waals surface area contributed by atoms with E-state index in [-0.39, 0.29) is 24.3 Å². The Morgan fingerprint density at radius 3 is 2.11 bits per heavy atom. The monoisotopic (exact) mass is 370 g/mol. The minimum absolute atomic E-state index is 0.0336. The highest BCUT2D eigenvalue weighted by atomic mass is 16.5. The molecule has 0 radical (unpaired) electrons. The average Bonchev–Trinajstić information content (AvgIpc) is 3.07. The molecule has 2 aromatic carbocycles. The first-order valence-corrected chi connectivity index (χ1v) is 8.52. The summed E-state index contributed by atoms with van der Waals surface area (Å²) in [6.07, 6.45) is 0.249. The van der Waals surface area contributed by atoms with E-state index in [1.807, 2.05) is 12.1 Å². The van der Waals surface area contributed by atoms with Gasteiger partial charge in [0.2, 0.25) is 5.91 Å². The molecule has 1 N–H and O–H groups in total. The summed E-state index contributed by atoms with van der Waals surface area (Å²) in [5.74, 6) is 1.47. The summed E-state index contributed by atoms with van der Waals surface area (Å²) < 4.78 is 15.5. The lowest BCUT2D eigenvalue weighted by molar-refractivity contribution is -0.117. The number of carbonyl (C=O) groups is 2. The number of amides is 2. The predicted octanol–water partition coefficient (Wildman–Crippen LogP) is 2.25. The number of methoxy groups -OCH3 is 3. The summed E-state index contributed by atoms with van der Waals surface area (Å²) in [7, 11) is 4.65. The molecule has 1 aliphatic rings. The van der Waals surface area contributed by atoms with Crippen LogP contribution in [0.4, 0.5) is 5.69 Å². The lowest BCUT2D eigenvalue weighted by atomic mass is 10.1. The molecular weight excluding hydrogens is 348 g/mol. The fraction of sp³-hybridized carbons (Fsp3) is 0.300. The number of nitrogens with one attached hydrogen (secondary N) is 1. The van der Waals surface area contributed by atoms with E-state index in [1.54, 1.807) is 42.3 Å². The molecule has 7 heteroatoms. The molecule has 1 saturated heterocycles. The molecule has 0 spiro atoms. The van der Waals surface area contributed by atoms with E-state index in [1.165, 1.54) is 14.2 Å². The SMILES string of the molecule is COc1ccc(N2C[C@@H](NC(=O)c3cc(OC)cc(OC)c3)CC2=O)cc1. The lowest BCUT2D eigenvalue weighted by Gasteiger charge is -2.18. The fourth-order valence-electron chi connectivity index (χ4n) is 3.02. The van der Waals surface area contributed by atoms with Gasteiger partial charge in [0.1, 0.15) is 17.2 Å². The Balaban J connectivity index is 1.69. The standard InChI is InChI=1S/C20H22N2O5/c1-25-16-6-4-15(5-7-16)22-12-14(10-19(22)23)21-20(24)13-8-17(26-2)11-18(9-13)27-3/h4-9,11,14H,10,12H2,1-3H3,(H,21,24)/t14-/m0/s1. The van der Waals surface area contributed by atoms with Gasteiger partial charge in [-0.2, -0.15) is 0 Å². The predicted molar refractivity (Wildman–Crippen MR) is 101 cm³/mol. The summed E-state index contributed by atoms with van der Waals surface area (Å²) in [4.78, 5) is 26.6. The zero-order valence-corrected chi connectivity index (χ0v) is 15.5. The van der Waals surface area contributed by atoms with Crippen LogP contribution in [0, 0.1) is 0 Å². The highest BCUT2D eigenvalue weighted by Gasteiger charge is 2.31. The maximum Gasteiger partial charge on any atom is 0.251 e. The van der Waals surface area contributed by atoms with Crippen molar-refractivity contribution in [2.45, 2.75) is 12.5 Å². The second kappa shape index (κ2) is 7.99. The first kappa shape index (κ1) is 18.6. The zero-order valence-electron chi connectivity index (χ0n) is 15.5. The molecule has 0 aromatic heterocycles. The van der Waals surface area contributed by atoms with Gasteiger partial charge < -0.3 is 24.4 Å². The number of nitrogens with zero attached hydrogens (tertiary/aromatic N) is 1. The molecule has 0 bridgehead atoms. The van der Waals surface area contributed by atoms with E-state index in [2.05, 4.69) is 5.32 Å². The molecule has 1 atom stereocenters. The number of hydrogen-bond donors (Lipinski definition) is 1. The lowest BCUT2D eigenvalue weighted by Crippen LogP contribution is -2.37. The molecule has 2 amide bonds. The zero-order chi connectivity index (χ0) is 19.4. The molecule has 3 rings (SSSR count).